The molecule has 162 valence electrons. The van der Waals surface area contributed by atoms with Crippen LogP contribution in [0.25, 0.3) is 0 Å². The number of rotatable bonds is 8. The molecule has 0 atom stereocenters. The fourth-order valence-electron chi connectivity index (χ4n) is 3.45. The summed E-state index contributed by atoms with van der Waals surface area (Å²) in [7, 11) is 0. The van der Waals surface area contributed by atoms with E-state index in [4.69, 9.17) is 0 Å². The SMILES string of the molecule is CCNC(=NCc1cccc(CN2CCCC2=O)c1)NCCc1ccccc1F.I. The summed E-state index contributed by atoms with van der Waals surface area (Å²) in [5.41, 5.74) is 2.92. The number of aliphatic imine (C=N–C) groups is 1. The van der Waals surface area contributed by atoms with E-state index in [0.29, 0.717) is 44.0 Å². The van der Waals surface area contributed by atoms with Crippen LogP contribution in [-0.4, -0.2) is 36.4 Å². The van der Waals surface area contributed by atoms with Gasteiger partial charge in [-0.25, -0.2) is 9.38 Å². The van der Waals surface area contributed by atoms with Crippen LogP contribution in [0.15, 0.2) is 53.5 Å². The minimum atomic E-state index is -0.176. The second-order valence-electron chi connectivity index (χ2n) is 7.20. The highest BCUT2D eigenvalue weighted by molar-refractivity contribution is 14.0. The number of amides is 1. The normalized spacial score (nSPS) is 13.9. The molecule has 3 rings (SSSR count). The van der Waals surface area contributed by atoms with Gasteiger partial charge in [-0.15, -0.1) is 24.0 Å². The van der Waals surface area contributed by atoms with Crippen molar-refractivity contribution in [3.05, 3.63) is 71.0 Å². The lowest BCUT2D eigenvalue weighted by molar-refractivity contribution is -0.128. The van der Waals surface area contributed by atoms with Gasteiger partial charge in [-0.1, -0.05) is 42.5 Å². The summed E-state index contributed by atoms with van der Waals surface area (Å²) in [6.45, 7) is 5.42. The van der Waals surface area contributed by atoms with Gasteiger partial charge in [-0.3, -0.25) is 4.79 Å². The predicted molar refractivity (Wildman–Crippen MR) is 129 cm³/mol. The van der Waals surface area contributed by atoms with E-state index in [0.717, 1.165) is 30.6 Å². The standard InChI is InChI=1S/C23H29FN4O.HI/c1-2-25-23(26-13-12-20-9-3-4-10-21(20)24)27-16-18-7-5-8-19(15-18)17-28-14-6-11-22(28)29;/h3-5,7-10,15H,2,6,11-14,16-17H2,1H3,(H2,25,26,27);1H. The molecule has 0 aliphatic carbocycles. The molecule has 2 N–H and O–H groups in total. The van der Waals surface area contributed by atoms with Crippen LogP contribution in [0.5, 0.6) is 0 Å². The van der Waals surface area contributed by atoms with Gasteiger partial charge in [-0.05, 0) is 42.5 Å². The number of hydrogen-bond donors (Lipinski definition) is 2. The number of nitrogens with zero attached hydrogens (tertiary/aromatic N) is 2. The summed E-state index contributed by atoms with van der Waals surface area (Å²) >= 11 is 0. The molecule has 1 saturated heterocycles. The van der Waals surface area contributed by atoms with Crippen molar-refractivity contribution in [2.75, 3.05) is 19.6 Å². The fourth-order valence-corrected chi connectivity index (χ4v) is 3.45. The second-order valence-corrected chi connectivity index (χ2v) is 7.20. The van der Waals surface area contributed by atoms with Gasteiger partial charge >= 0.3 is 0 Å². The van der Waals surface area contributed by atoms with Gasteiger partial charge in [0.15, 0.2) is 5.96 Å². The van der Waals surface area contributed by atoms with Gasteiger partial charge in [0.2, 0.25) is 5.91 Å². The predicted octanol–water partition coefficient (Wildman–Crippen LogP) is 3.86. The first-order valence-electron chi connectivity index (χ1n) is 10.3. The average Bonchev–Trinajstić information content (AvgIpc) is 3.12. The molecule has 2 aromatic carbocycles. The largest absolute Gasteiger partial charge is 0.357 e. The maximum absolute atomic E-state index is 13.7. The molecular weight excluding hydrogens is 494 g/mol. The molecule has 0 bridgehead atoms. The number of carbonyl (C=O) groups is 1. The van der Waals surface area contributed by atoms with Crippen molar-refractivity contribution in [1.29, 1.82) is 0 Å². The third-order valence-electron chi connectivity index (χ3n) is 4.94. The van der Waals surface area contributed by atoms with Crippen molar-refractivity contribution in [2.24, 2.45) is 4.99 Å². The van der Waals surface area contributed by atoms with Crippen LogP contribution in [0.4, 0.5) is 4.39 Å². The van der Waals surface area contributed by atoms with E-state index >= 15 is 0 Å². The van der Waals surface area contributed by atoms with Gasteiger partial charge in [0.25, 0.3) is 0 Å². The van der Waals surface area contributed by atoms with E-state index in [1.54, 1.807) is 12.1 Å². The van der Waals surface area contributed by atoms with Crippen LogP contribution in [0, 0.1) is 5.82 Å². The van der Waals surface area contributed by atoms with Gasteiger partial charge in [0, 0.05) is 32.6 Å². The highest BCUT2D eigenvalue weighted by Gasteiger charge is 2.19. The smallest absolute Gasteiger partial charge is 0.222 e. The van der Waals surface area contributed by atoms with E-state index in [-0.39, 0.29) is 35.7 Å². The maximum atomic E-state index is 13.7. The Kier molecular flexibility index (Phi) is 10.1. The molecule has 1 fully saturated rings. The minimum absolute atomic E-state index is 0. The number of guanidine groups is 1. The highest BCUT2D eigenvalue weighted by Crippen LogP contribution is 2.15. The zero-order valence-corrected chi connectivity index (χ0v) is 19.7. The Morgan fingerprint density at radius 2 is 1.93 bits per heavy atom. The van der Waals surface area contributed by atoms with E-state index < -0.39 is 0 Å². The Hall–Kier alpha value is -2.16. The van der Waals surface area contributed by atoms with Gasteiger partial charge in [-0.2, -0.15) is 0 Å². The van der Waals surface area contributed by atoms with Gasteiger partial charge in [0.05, 0.1) is 6.54 Å². The molecule has 30 heavy (non-hydrogen) atoms. The first-order valence-corrected chi connectivity index (χ1v) is 10.3. The number of halogens is 2. The van der Waals surface area contributed by atoms with Gasteiger partial charge < -0.3 is 15.5 Å². The molecule has 1 aliphatic heterocycles. The van der Waals surface area contributed by atoms with Crippen LogP contribution in [0.1, 0.15) is 36.5 Å². The van der Waals surface area contributed by atoms with E-state index in [1.165, 1.54) is 6.07 Å². The van der Waals surface area contributed by atoms with Crippen LogP contribution >= 0.6 is 24.0 Å². The van der Waals surface area contributed by atoms with Crippen molar-refractivity contribution in [3.8, 4) is 0 Å². The Labute approximate surface area is 195 Å². The summed E-state index contributed by atoms with van der Waals surface area (Å²) in [6, 6.07) is 15.1. The summed E-state index contributed by atoms with van der Waals surface area (Å²) in [6.07, 6.45) is 2.21. The molecule has 0 aromatic heterocycles. The zero-order chi connectivity index (χ0) is 20.5. The first kappa shape index (κ1) is 24.1. The second kappa shape index (κ2) is 12.5. The zero-order valence-electron chi connectivity index (χ0n) is 17.4. The van der Waals surface area contributed by atoms with E-state index in [1.807, 2.05) is 30.0 Å². The Balaban J connectivity index is 0.00000320. The summed E-state index contributed by atoms with van der Waals surface area (Å²) in [5, 5.41) is 6.49. The molecule has 0 spiro atoms. The van der Waals surface area contributed by atoms with Crippen LogP contribution in [0.2, 0.25) is 0 Å². The van der Waals surface area contributed by atoms with Crippen molar-refractivity contribution in [2.45, 2.75) is 39.3 Å². The van der Waals surface area contributed by atoms with Crippen molar-refractivity contribution in [3.63, 3.8) is 0 Å². The number of carbonyl (C=O) groups excluding carboxylic acids is 1. The average molecular weight is 524 g/mol. The molecule has 0 saturated carbocycles. The Morgan fingerprint density at radius 1 is 1.13 bits per heavy atom. The summed E-state index contributed by atoms with van der Waals surface area (Å²) in [5.74, 6) is 0.774. The lowest BCUT2D eigenvalue weighted by Crippen LogP contribution is -2.38. The van der Waals surface area contributed by atoms with Crippen LogP contribution in [-0.2, 0) is 24.3 Å². The molecule has 1 aliphatic rings. The Bertz CT molecular complexity index is 859. The summed E-state index contributed by atoms with van der Waals surface area (Å²) < 4.78 is 13.7. The first-order chi connectivity index (χ1) is 14.2. The fraction of sp³-hybridized carbons (Fsp3) is 0.391. The molecule has 7 heteroatoms. The number of hydrogen-bond acceptors (Lipinski definition) is 2. The molecular formula is C23H30FIN4O. The highest BCUT2D eigenvalue weighted by atomic mass is 127. The molecule has 1 amide bonds. The maximum Gasteiger partial charge on any atom is 0.222 e. The Morgan fingerprint density at radius 3 is 2.67 bits per heavy atom. The van der Waals surface area contributed by atoms with Crippen molar-refractivity contribution >= 4 is 35.8 Å². The van der Waals surface area contributed by atoms with Crippen molar-refractivity contribution in [1.82, 2.24) is 15.5 Å². The van der Waals surface area contributed by atoms with Crippen LogP contribution in [0.3, 0.4) is 0 Å². The van der Waals surface area contributed by atoms with E-state index in [2.05, 4.69) is 27.8 Å². The number of nitrogens with one attached hydrogen (secondary N) is 2. The molecule has 0 radical (unpaired) electrons. The topological polar surface area (TPSA) is 56.7 Å². The number of likely N-dealkylation sites (tertiary alicyclic amines) is 1. The lowest BCUT2D eigenvalue weighted by atomic mass is 10.1. The third kappa shape index (κ3) is 7.27. The lowest BCUT2D eigenvalue weighted by Gasteiger charge is -2.16. The molecule has 1 heterocycles. The monoisotopic (exact) mass is 524 g/mol. The van der Waals surface area contributed by atoms with E-state index in [9.17, 15) is 9.18 Å². The molecule has 2 aromatic rings. The molecule has 0 unspecified atom stereocenters. The minimum Gasteiger partial charge on any atom is -0.357 e. The third-order valence-corrected chi connectivity index (χ3v) is 4.94. The van der Waals surface area contributed by atoms with Crippen LogP contribution < -0.4 is 10.6 Å². The van der Waals surface area contributed by atoms with Crippen molar-refractivity contribution < 1.29 is 9.18 Å². The summed E-state index contributed by atoms with van der Waals surface area (Å²) in [4.78, 5) is 18.4. The molecule has 5 nitrogen and oxygen atoms in total. The number of benzene rings is 2. The quantitative estimate of drug-likeness (QED) is 0.313. The van der Waals surface area contributed by atoms with Gasteiger partial charge in [0.1, 0.15) is 5.82 Å².